The summed E-state index contributed by atoms with van der Waals surface area (Å²) in [4.78, 5) is 37.8. The number of aliphatic hydroxyl groups excluding tert-OH is 2. The summed E-state index contributed by atoms with van der Waals surface area (Å²) in [7, 11) is 0. The van der Waals surface area contributed by atoms with E-state index >= 15 is 0 Å². The van der Waals surface area contributed by atoms with E-state index in [1.54, 1.807) is 0 Å². The van der Waals surface area contributed by atoms with Crippen LogP contribution in [0.25, 0.3) is 5.76 Å². The summed E-state index contributed by atoms with van der Waals surface area (Å²) in [6.45, 7) is 6.03. The fourth-order valence-electron chi connectivity index (χ4n) is 5.94. The minimum absolute atomic E-state index is 0.0638. The summed E-state index contributed by atoms with van der Waals surface area (Å²) >= 11 is 0. The summed E-state index contributed by atoms with van der Waals surface area (Å²) < 4.78 is 5.98. The van der Waals surface area contributed by atoms with Crippen LogP contribution in [0.4, 0.5) is 0 Å². The lowest BCUT2D eigenvalue weighted by atomic mass is 9.61. The summed E-state index contributed by atoms with van der Waals surface area (Å²) in [5.74, 6) is -2.76. The van der Waals surface area contributed by atoms with Gasteiger partial charge >= 0.3 is 0 Å². The molecule has 0 amide bonds. The maximum atomic E-state index is 13.5. The van der Waals surface area contributed by atoms with E-state index in [1.165, 1.54) is 6.92 Å². The van der Waals surface area contributed by atoms with Crippen molar-refractivity contribution >= 4 is 23.1 Å². The Bertz CT molecular complexity index is 1120. The lowest BCUT2D eigenvalue weighted by molar-refractivity contribution is -0.127. The summed E-state index contributed by atoms with van der Waals surface area (Å²) in [5, 5.41) is 22.0. The van der Waals surface area contributed by atoms with E-state index in [0.29, 0.717) is 30.8 Å². The lowest BCUT2D eigenvalue weighted by Crippen LogP contribution is -2.43. The van der Waals surface area contributed by atoms with Crippen molar-refractivity contribution in [1.29, 1.82) is 0 Å². The molecule has 0 spiro atoms. The average Bonchev–Trinajstić information content (AvgIpc) is 2.66. The van der Waals surface area contributed by atoms with Crippen molar-refractivity contribution in [2.45, 2.75) is 51.9 Å². The van der Waals surface area contributed by atoms with Gasteiger partial charge in [0.15, 0.2) is 17.3 Å². The third-order valence-corrected chi connectivity index (χ3v) is 7.55. The second-order valence-corrected chi connectivity index (χ2v) is 9.90. The van der Waals surface area contributed by atoms with Crippen LogP contribution in [0.5, 0.6) is 5.75 Å². The van der Waals surface area contributed by atoms with Gasteiger partial charge in [-0.05, 0) is 49.0 Å². The number of fused-ring (bicyclic) bond motifs is 5. The molecule has 3 aliphatic carbocycles. The van der Waals surface area contributed by atoms with E-state index in [4.69, 9.17) is 4.74 Å². The largest absolute Gasteiger partial charge is 0.511 e. The molecule has 3 unspecified atom stereocenters. The van der Waals surface area contributed by atoms with Gasteiger partial charge in [-0.3, -0.25) is 14.4 Å². The minimum Gasteiger partial charge on any atom is -0.511 e. The Labute approximate surface area is 180 Å². The Hall–Kier alpha value is -2.89. The molecule has 6 nitrogen and oxygen atoms in total. The monoisotopic (exact) mass is 422 g/mol. The van der Waals surface area contributed by atoms with Gasteiger partial charge in [0, 0.05) is 17.6 Å². The molecule has 0 radical (unpaired) electrons. The van der Waals surface area contributed by atoms with Crippen LogP contribution < -0.4 is 4.74 Å². The Kier molecular flexibility index (Phi) is 4.24. The smallest absolute Gasteiger partial charge is 0.173 e. The highest BCUT2D eigenvalue weighted by molar-refractivity contribution is 6.21. The van der Waals surface area contributed by atoms with Crippen LogP contribution in [-0.2, 0) is 26.2 Å². The Morgan fingerprint density at radius 1 is 1.16 bits per heavy atom. The summed E-state index contributed by atoms with van der Waals surface area (Å²) in [5.41, 5.74) is 2.43. The second-order valence-electron chi connectivity index (χ2n) is 9.90. The average molecular weight is 422 g/mol. The molecule has 5 rings (SSSR count). The number of aliphatic hydroxyl groups is 2. The zero-order valence-electron chi connectivity index (χ0n) is 17.9. The quantitative estimate of drug-likeness (QED) is 0.668. The van der Waals surface area contributed by atoms with Crippen LogP contribution in [0, 0.1) is 17.8 Å². The third kappa shape index (κ3) is 2.73. The van der Waals surface area contributed by atoms with E-state index in [0.717, 1.165) is 17.5 Å². The van der Waals surface area contributed by atoms with E-state index in [2.05, 4.69) is 19.9 Å². The van der Waals surface area contributed by atoms with Gasteiger partial charge in [-0.2, -0.15) is 0 Å². The first-order valence-corrected chi connectivity index (χ1v) is 10.9. The Balaban J connectivity index is 1.67. The normalized spacial score (nSPS) is 28.9. The molecule has 3 atom stereocenters. The highest BCUT2D eigenvalue weighted by Gasteiger charge is 2.51. The first kappa shape index (κ1) is 20.0. The molecule has 1 aliphatic heterocycles. The second kappa shape index (κ2) is 6.55. The number of carbonyl (C=O) groups is 3. The van der Waals surface area contributed by atoms with Crippen LogP contribution in [0.15, 0.2) is 29.0 Å². The molecule has 1 aromatic carbocycles. The van der Waals surface area contributed by atoms with Crippen molar-refractivity contribution in [2.24, 2.45) is 17.8 Å². The molecule has 0 aromatic heterocycles. The van der Waals surface area contributed by atoms with Crippen LogP contribution >= 0.6 is 0 Å². The molecule has 1 heterocycles. The predicted octanol–water partition coefficient (Wildman–Crippen LogP) is 3.77. The number of ether oxygens (including phenoxy) is 1. The van der Waals surface area contributed by atoms with Crippen molar-refractivity contribution in [3.63, 3.8) is 0 Å². The number of hydrogen-bond donors (Lipinski definition) is 2. The third-order valence-electron chi connectivity index (χ3n) is 7.55. The predicted molar refractivity (Wildman–Crippen MR) is 113 cm³/mol. The molecule has 1 saturated carbocycles. The van der Waals surface area contributed by atoms with Crippen LogP contribution in [0.2, 0.25) is 0 Å². The molecule has 0 saturated heterocycles. The van der Waals surface area contributed by atoms with Crippen LogP contribution in [-0.4, -0.2) is 34.2 Å². The van der Waals surface area contributed by atoms with Gasteiger partial charge in [0.2, 0.25) is 0 Å². The highest BCUT2D eigenvalue weighted by atomic mass is 16.5. The van der Waals surface area contributed by atoms with Gasteiger partial charge in [-0.25, -0.2) is 0 Å². The molecule has 4 aliphatic rings. The van der Waals surface area contributed by atoms with Crippen LogP contribution in [0.1, 0.15) is 56.7 Å². The maximum Gasteiger partial charge on any atom is 0.173 e. The fraction of sp³-hybridized carbons (Fsp3) is 0.480. The topological polar surface area (TPSA) is 101 Å². The molecule has 2 N–H and O–H groups in total. The Morgan fingerprint density at radius 3 is 2.61 bits per heavy atom. The number of allylic oxidation sites excluding steroid dienone is 3. The van der Waals surface area contributed by atoms with E-state index < -0.39 is 23.2 Å². The molecule has 6 heteroatoms. The summed E-state index contributed by atoms with van der Waals surface area (Å²) in [6, 6.07) is 4.06. The van der Waals surface area contributed by atoms with Gasteiger partial charge in [-0.15, -0.1) is 0 Å². The van der Waals surface area contributed by atoms with Gasteiger partial charge in [0.1, 0.15) is 17.3 Å². The van der Waals surface area contributed by atoms with E-state index in [-0.39, 0.29) is 46.4 Å². The molecular weight excluding hydrogens is 396 g/mol. The van der Waals surface area contributed by atoms with Crippen molar-refractivity contribution < 1.29 is 29.3 Å². The van der Waals surface area contributed by atoms with E-state index in [9.17, 15) is 24.6 Å². The lowest BCUT2D eigenvalue weighted by Gasteiger charge is -2.42. The van der Waals surface area contributed by atoms with Crippen LogP contribution in [0.3, 0.4) is 0 Å². The highest BCUT2D eigenvalue weighted by Crippen LogP contribution is 2.52. The molecule has 0 bridgehead atoms. The van der Waals surface area contributed by atoms with Gasteiger partial charge < -0.3 is 14.9 Å². The molecule has 162 valence electrons. The number of rotatable bonds is 1. The minimum atomic E-state index is -0.955. The fourth-order valence-corrected chi connectivity index (χ4v) is 5.94. The molecular formula is C25H26O6. The zero-order valence-corrected chi connectivity index (χ0v) is 17.9. The van der Waals surface area contributed by atoms with Gasteiger partial charge in [0.05, 0.1) is 23.7 Å². The van der Waals surface area contributed by atoms with Crippen molar-refractivity contribution in [3.8, 4) is 5.75 Å². The summed E-state index contributed by atoms with van der Waals surface area (Å²) in [6.07, 6.45) is 1.99. The SMILES string of the molecule is CC(=O)C1=C(O)C2C(=O)C3=C(O)c4c(ccc5c4OCCC5(C)C)CC3CC2CC1=O. The molecule has 1 fully saturated rings. The van der Waals surface area contributed by atoms with E-state index in [1.807, 2.05) is 6.07 Å². The molecule has 31 heavy (non-hydrogen) atoms. The maximum absolute atomic E-state index is 13.5. The number of benzene rings is 1. The first-order chi connectivity index (χ1) is 14.6. The number of carbonyl (C=O) groups excluding carboxylic acids is 3. The standard InChI is InChI=1S/C25H26O6/c1-11(26)17-16(27)10-14-9-13-8-12-4-5-15-24(31-7-6-25(15,2)3)20(12)23(30)18(13)22(29)19(14)21(17)28/h4-5,13-14,19,28,30H,6-10H2,1-3H3. The number of hydrogen-bond acceptors (Lipinski definition) is 6. The van der Waals surface area contributed by atoms with Crippen molar-refractivity contribution in [3.05, 3.63) is 45.7 Å². The van der Waals surface area contributed by atoms with Gasteiger partial charge in [0.25, 0.3) is 0 Å². The van der Waals surface area contributed by atoms with Crippen molar-refractivity contribution in [2.75, 3.05) is 6.61 Å². The number of Topliss-reactive ketones (excluding diaryl/α,β-unsaturated/α-hetero) is 3. The zero-order chi connectivity index (χ0) is 22.2. The molecule has 1 aromatic rings. The number of ketones is 3. The first-order valence-electron chi connectivity index (χ1n) is 10.9. The van der Waals surface area contributed by atoms with Crippen molar-refractivity contribution in [1.82, 2.24) is 0 Å². The Morgan fingerprint density at radius 2 is 1.90 bits per heavy atom. The van der Waals surface area contributed by atoms with Gasteiger partial charge in [-0.1, -0.05) is 26.0 Å².